The number of likely N-dealkylation sites (tertiary alicyclic amines) is 1. The fraction of sp³-hybridized carbons (Fsp3) is 0.522. The molecule has 1 fully saturated rings. The zero-order chi connectivity index (χ0) is 21.8. The van der Waals surface area contributed by atoms with Crippen LogP contribution in [0.15, 0.2) is 30.5 Å². The highest BCUT2D eigenvalue weighted by molar-refractivity contribution is 5.84. The van der Waals surface area contributed by atoms with Crippen molar-refractivity contribution in [1.82, 2.24) is 20.4 Å². The fourth-order valence-electron chi connectivity index (χ4n) is 4.62. The molecular weight excluding hydrogens is 396 g/mol. The van der Waals surface area contributed by atoms with Crippen LogP contribution in [0.2, 0.25) is 0 Å². The monoisotopic (exact) mass is 426 g/mol. The highest BCUT2D eigenvalue weighted by Crippen LogP contribution is 2.31. The number of para-hydroxylation sites is 1. The first-order chi connectivity index (χ1) is 15.0. The van der Waals surface area contributed by atoms with Crippen LogP contribution in [0.3, 0.4) is 0 Å². The van der Waals surface area contributed by atoms with Crippen molar-refractivity contribution in [3.05, 3.63) is 47.3 Å². The molecule has 166 valence electrons. The lowest BCUT2D eigenvalue weighted by atomic mass is 10.00. The lowest BCUT2D eigenvalue weighted by Crippen LogP contribution is -2.54. The van der Waals surface area contributed by atoms with E-state index < -0.39 is 6.10 Å². The summed E-state index contributed by atoms with van der Waals surface area (Å²) >= 11 is 0. The molecule has 0 spiro atoms. The molecule has 1 aliphatic carbocycles. The number of β-amino-alcohol motifs (C(OH)–C–C–N with tert-alkyl or cyclic N) is 1. The second kappa shape index (κ2) is 9.51. The lowest BCUT2D eigenvalue weighted by molar-refractivity contribution is -0.136. The summed E-state index contributed by atoms with van der Waals surface area (Å²) in [7, 11) is 0. The van der Waals surface area contributed by atoms with Crippen molar-refractivity contribution in [2.75, 3.05) is 19.7 Å². The maximum Gasteiger partial charge on any atom is 0.229 e. The van der Waals surface area contributed by atoms with Gasteiger partial charge < -0.3 is 20.1 Å². The van der Waals surface area contributed by atoms with Crippen LogP contribution < -0.4 is 10.1 Å². The normalized spacial score (nSPS) is 22.8. The van der Waals surface area contributed by atoms with Gasteiger partial charge >= 0.3 is 0 Å². The lowest BCUT2D eigenvalue weighted by Gasteiger charge is -2.36. The van der Waals surface area contributed by atoms with Crippen LogP contribution in [-0.4, -0.2) is 63.9 Å². The van der Waals surface area contributed by atoms with Gasteiger partial charge in [0.2, 0.25) is 11.8 Å². The minimum Gasteiger partial charge on any atom is -0.494 e. The Bertz CT molecular complexity index is 928. The SMILES string of the molecule is CCOc1ccccc1CCC(=O)N1CC(O)CC(NC(=O)C2CCc3cn[nH]c32)C1. The molecule has 2 aromatic rings. The number of benzene rings is 1. The summed E-state index contributed by atoms with van der Waals surface area (Å²) in [6.45, 7) is 3.22. The molecule has 0 radical (unpaired) electrons. The number of rotatable bonds is 7. The Kier molecular flexibility index (Phi) is 6.56. The summed E-state index contributed by atoms with van der Waals surface area (Å²) < 4.78 is 5.64. The average molecular weight is 427 g/mol. The van der Waals surface area contributed by atoms with E-state index in [0.717, 1.165) is 35.4 Å². The van der Waals surface area contributed by atoms with Crippen LogP contribution in [0.25, 0.3) is 0 Å². The summed E-state index contributed by atoms with van der Waals surface area (Å²) in [6, 6.07) is 7.47. The number of hydrogen-bond acceptors (Lipinski definition) is 5. The van der Waals surface area contributed by atoms with Crippen molar-refractivity contribution in [1.29, 1.82) is 0 Å². The number of nitrogens with one attached hydrogen (secondary N) is 2. The summed E-state index contributed by atoms with van der Waals surface area (Å²) in [5, 5.41) is 20.3. The minimum absolute atomic E-state index is 0.0268. The Labute approximate surface area is 182 Å². The van der Waals surface area contributed by atoms with Crippen molar-refractivity contribution in [2.45, 2.75) is 57.1 Å². The van der Waals surface area contributed by atoms with Gasteiger partial charge in [-0.2, -0.15) is 5.10 Å². The molecule has 3 unspecified atom stereocenters. The van der Waals surface area contributed by atoms with E-state index in [2.05, 4.69) is 15.5 Å². The second-order valence-electron chi connectivity index (χ2n) is 8.33. The first-order valence-electron chi connectivity index (χ1n) is 11.0. The van der Waals surface area contributed by atoms with E-state index in [4.69, 9.17) is 4.74 Å². The van der Waals surface area contributed by atoms with Gasteiger partial charge in [0.05, 0.1) is 30.5 Å². The summed E-state index contributed by atoms with van der Waals surface area (Å²) in [6.07, 6.45) is 4.08. The molecule has 0 saturated carbocycles. The Morgan fingerprint density at radius 2 is 2.16 bits per heavy atom. The number of carbonyl (C=O) groups excluding carboxylic acids is 2. The van der Waals surface area contributed by atoms with Gasteiger partial charge in [0.25, 0.3) is 0 Å². The summed E-state index contributed by atoms with van der Waals surface area (Å²) in [5.74, 6) is 0.466. The smallest absolute Gasteiger partial charge is 0.229 e. The van der Waals surface area contributed by atoms with Crippen molar-refractivity contribution in [3.63, 3.8) is 0 Å². The van der Waals surface area contributed by atoms with E-state index in [1.165, 1.54) is 0 Å². The van der Waals surface area contributed by atoms with Gasteiger partial charge in [-0.25, -0.2) is 0 Å². The molecule has 3 atom stereocenters. The molecule has 31 heavy (non-hydrogen) atoms. The van der Waals surface area contributed by atoms with Crippen LogP contribution in [0.5, 0.6) is 5.75 Å². The fourth-order valence-corrected chi connectivity index (χ4v) is 4.62. The molecule has 2 aliphatic rings. The quantitative estimate of drug-likeness (QED) is 0.623. The first-order valence-corrected chi connectivity index (χ1v) is 11.0. The Hall–Kier alpha value is -2.87. The highest BCUT2D eigenvalue weighted by atomic mass is 16.5. The van der Waals surface area contributed by atoms with Crippen molar-refractivity contribution >= 4 is 11.8 Å². The number of aryl methyl sites for hydroxylation is 2. The Morgan fingerprint density at radius 3 is 3.00 bits per heavy atom. The van der Waals surface area contributed by atoms with Gasteiger partial charge in [-0.1, -0.05) is 18.2 Å². The van der Waals surface area contributed by atoms with Gasteiger partial charge in [-0.3, -0.25) is 14.7 Å². The van der Waals surface area contributed by atoms with E-state index in [1.54, 1.807) is 11.1 Å². The number of amides is 2. The van der Waals surface area contributed by atoms with Crippen molar-refractivity contribution in [3.8, 4) is 5.75 Å². The summed E-state index contributed by atoms with van der Waals surface area (Å²) in [4.78, 5) is 27.3. The maximum absolute atomic E-state index is 12.9. The molecule has 2 amide bonds. The van der Waals surface area contributed by atoms with E-state index in [-0.39, 0.29) is 23.8 Å². The summed E-state index contributed by atoms with van der Waals surface area (Å²) in [5.41, 5.74) is 2.97. The maximum atomic E-state index is 12.9. The number of aliphatic hydroxyl groups excluding tert-OH is 1. The number of nitrogens with zero attached hydrogens (tertiary/aromatic N) is 2. The molecule has 1 aromatic heterocycles. The zero-order valence-corrected chi connectivity index (χ0v) is 17.8. The standard InChI is InChI=1S/C23H30N4O4/c1-2-31-20-6-4-3-5-15(20)8-10-21(29)27-13-17(11-18(28)14-27)25-23(30)19-9-7-16-12-24-26-22(16)19/h3-6,12,17-19,28H,2,7-11,13-14H2,1H3,(H,24,26)(H,25,30). The van der Waals surface area contributed by atoms with E-state index in [9.17, 15) is 14.7 Å². The number of hydrogen-bond donors (Lipinski definition) is 3. The van der Waals surface area contributed by atoms with Gasteiger partial charge in [0.1, 0.15) is 5.75 Å². The van der Waals surface area contributed by atoms with Crippen LogP contribution in [-0.2, 0) is 22.4 Å². The Balaban J connectivity index is 1.33. The van der Waals surface area contributed by atoms with E-state index >= 15 is 0 Å². The molecule has 8 heteroatoms. The third-order valence-corrected chi connectivity index (χ3v) is 6.13. The molecular formula is C23H30N4O4. The molecule has 3 N–H and O–H groups in total. The van der Waals surface area contributed by atoms with Gasteiger partial charge in [-0.15, -0.1) is 0 Å². The Morgan fingerprint density at radius 1 is 1.32 bits per heavy atom. The topological polar surface area (TPSA) is 108 Å². The third kappa shape index (κ3) is 4.90. The van der Waals surface area contributed by atoms with E-state index in [0.29, 0.717) is 39.0 Å². The van der Waals surface area contributed by atoms with Crippen LogP contribution in [0, 0.1) is 0 Å². The van der Waals surface area contributed by atoms with Crippen LogP contribution in [0.1, 0.15) is 48.9 Å². The number of aliphatic hydroxyl groups is 1. The molecule has 1 aliphatic heterocycles. The average Bonchev–Trinajstić information content (AvgIpc) is 3.36. The third-order valence-electron chi connectivity index (χ3n) is 6.13. The number of fused-ring (bicyclic) bond motifs is 1. The number of H-pyrrole nitrogens is 1. The van der Waals surface area contributed by atoms with Crippen molar-refractivity contribution < 1.29 is 19.4 Å². The number of carbonyl (C=O) groups is 2. The number of aromatic nitrogens is 2. The molecule has 1 aromatic carbocycles. The zero-order valence-electron chi connectivity index (χ0n) is 17.8. The minimum atomic E-state index is -0.648. The first kappa shape index (κ1) is 21.4. The predicted octanol–water partition coefficient (Wildman–Crippen LogP) is 1.55. The van der Waals surface area contributed by atoms with Gasteiger partial charge in [0.15, 0.2) is 0 Å². The number of aromatic amines is 1. The van der Waals surface area contributed by atoms with Gasteiger partial charge in [-0.05, 0) is 49.8 Å². The highest BCUT2D eigenvalue weighted by Gasteiger charge is 2.34. The molecule has 0 bridgehead atoms. The van der Waals surface area contributed by atoms with Gasteiger partial charge in [0, 0.05) is 25.6 Å². The largest absolute Gasteiger partial charge is 0.494 e. The number of ether oxygens (including phenoxy) is 1. The molecule has 8 nitrogen and oxygen atoms in total. The second-order valence-corrected chi connectivity index (χ2v) is 8.33. The van der Waals surface area contributed by atoms with Crippen molar-refractivity contribution in [2.24, 2.45) is 0 Å². The van der Waals surface area contributed by atoms with E-state index in [1.807, 2.05) is 31.2 Å². The molecule has 4 rings (SSSR count). The van der Waals surface area contributed by atoms with Crippen LogP contribution >= 0.6 is 0 Å². The molecule has 2 heterocycles. The molecule has 1 saturated heterocycles. The predicted molar refractivity (Wildman–Crippen MR) is 115 cm³/mol. The number of piperidine rings is 1. The van der Waals surface area contributed by atoms with Crippen LogP contribution in [0.4, 0.5) is 0 Å².